The zero-order valence-corrected chi connectivity index (χ0v) is 15.9. The van der Waals surface area contributed by atoms with Crippen molar-refractivity contribution in [3.05, 3.63) is 28.8 Å². The maximum Gasteiger partial charge on any atom is 0.219 e. The van der Waals surface area contributed by atoms with E-state index in [0.717, 1.165) is 61.8 Å². The van der Waals surface area contributed by atoms with E-state index in [9.17, 15) is 4.79 Å². The van der Waals surface area contributed by atoms with Gasteiger partial charge in [-0.1, -0.05) is 30.7 Å². The van der Waals surface area contributed by atoms with Gasteiger partial charge in [0.2, 0.25) is 5.91 Å². The molecule has 0 bridgehead atoms. The molecule has 1 heterocycles. The molecule has 0 atom stereocenters. The fraction of sp³-hybridized carbons (Fsp3) is 0.650. The monoisotopic (exact) mass is 364 g/mol. The van der Waals surface area contributed by atoms with Crippen LogP contribution in [0.1, 0.15) is 51.0 Å². The Kier molecular flexibility index (Phi) is 6.60. The predicted molar refractivity (Wildman–Crippen MR) is 101 cm³/mol. The average molecular weight is 365 g/mol. The summed E-state index contributed by atoms with van der Waals surface area (Å²) in [6, 6.07) is 6.10. The molecular formula is C20H29ClN2O2. The Balaban J connectivity index is 1.45. The van der Waals surface area contributed by atoms with Crippen LogP contribution in [-0.4, -0.2) is 36.5 Å². The van der Waals surface area contributed by atoms with Crippen molar-refractivity contribution in [2.45, 2.75) is 58.1 Å². The summed E-state index contributed by atoms with van der Waals surface area (Å²) in [5, 5.41) is 3.76. The molecule has 0 unspecified atom stereocenters. The normalized spacial score (nSPS) is 23.3. The van der Waals surface area contributed by atoms with Gasteiger partial charge in [0.15, 0.2) is 0 Å². The molecule has 1 aliphatic carbocycles. The molecule has 1 N–H and O–H groups in total. The van der Waals surface area contributed by atoms with Crippen LogP contribution in [0.4, 0.5) is 0 Å². The first-order valence-corrected chi connectivity index (χ1v) is 9.96. The van der Waals surface area contributed by atoms with Crippen LogP contribution in [0.25, 0.3) is 0 Å². The smallest absolute Gasteiger partial charge is 0.219 e. The van der Waals surface area contributed by atoms with Gasteiger partial charge < -0.3 is 10.1 Å². The molecule has 0 aromatic heterocycles. The first-order chi connectivity index (χ1) is 12.2. The molecule has 1 aromatic rings. The number of amides is 1. The van der Waals surface area contributed by atoms with Crippen LogP contribution in [0, 0.1) is 5.92 Å². The van der Waals surface area contributed by atoms with Gasteiger partial charge in [-0.05, 0) is 62.7 Å². The fourth-order valence-corrected chi connectivity index (χ4v) is 3.87. The molecule has 0 radical (unpaired) electrons. The lowest BCUT2D eigenvalue weighted by Gasteiger charge is -2.35. The van der Waals surface area contributed by atoms with Crippen LogP contribution in [-0.2, 0) is 11.3 Å². The maximum absolute atomic E-state index is 11.5. The topological polar surface area (TPSA) is 41.6 Å². The van der Waals surface area contributed by atoms with Crippen LogP contribution >= 0.6 is 11.6 Å². The van der Waals surface area contributed by atoms with Crippen molar-refractivity contribution < 1.29 is 9.53 Å². The molecule has 2 fully saturated rings. The average Bonchev–Trinajstić information content (AvgIpc) is 3.06. The van der Waals surface area contributed by atoms with E-state index < -0.39 is 0 Å². The minimum Gasteiger partial charge on any atom is -0.489 e. The van der Waals surface area contributed by atoms with Crippen LogP contribution in [0.2, 0.25) is 5.02 Å². The quantitative estimate of drug-likeness (QED) is 0.757. The van der Waals surface area contributed by atoms with E-state index in [2.05, 4.69) is 16.3 Å². The molecule has 25 heavy (non-hydrogen) atoms. The summed E-state index contributed by atoms with van der Waals surface area (Å²) in [4.78, 5) is 14.0. The second kappa shape index (κ2) is 8.91. The van der Waals surface area contributed by atoms with Gasteiger partial charge in [-0.3, -0.25) is 9.69 Å². The minimum atomic E-state index is 0.157. The summed E-state index contributed by atoms with van der Waals surface area (Å²) in [6.45, 7) is 6.02. The standard InChI is InChI=1S/C20H29ClN2O2/c1-2-6-19(24)22-13-15-11-17(12-15)25-18-8-5-7-16(20(18)21)14-23-9-3-4-10-23/h5,7-8,15,17H,2-4,6,9-14H2,1H3,(H,22,24). The maximum atomic E-state index is 11.5. The van der Waals surface area contributed by atoms with Crippen LogP contribution < -0.4 is 10.1 Å². The number of benzene rings is 1. The largest absolute Gasteiger partial charge is 0.489 e. The SMILES string of the molecule is CCCC(=O)NCC1CC(Oc2cccc(CN3CCCC3)c2Cl)C1. The van der Waals surface area contributed by atoms with Crippen molar-refractivity contribution in [3.8, 4) is 5.75 Å². The van der Waals surface area contributed by atoms with Gasteiger partial charge >= 0.3 is 0 Å². The Labute approximate surface area is 155 Å². The van der Waals surface area contributed by atoms with Gasteiger partial charge in [0, 0.05) is 19.5 Å². The Morgan fingerprint density at radius 1 is 1.32 bits per heavy atom. The summed E-state index contributed by atoms with van der Waals surface area (Å²) in [7, 11) is 0. The molecule has 5 heteroatoms. The zero-order valence-electron chi connectivity index (χ0n) is 15.1. The third kappa shape index (κ3) is 5.11. The molecule has 3 rings (SSSR count). The second-order valence-electron chi connectivity index (χ2n) is 7.34. The molecule has 4 nitrogen and oxygen atoms in total. The van der Waals surface area contributed by atoms with Gasteiger partial charge in [-0.2, -0.15) is 0 Å². The highest BCUT2D eigenvalue weighted by molar-refractivity contribution is 6.32. The van der Waals surface area contributed by atoms with E-state index in [4.69, 9.17) is 16.3 Å². The number of likely N-dealkylation sites (tertiary alicyclic amines) is 1. The number of halogens is 1. The molecular weight excluding hydrogens is 336 g/mol. The van der Waals surface area contributed by atoms with Crippen molar-refractivity contribution >= 4 is 17.5 Å². The van der Waals surface area contributed by atoms with Crippen molar-refractivity contribution in [1.82, 2.24) is 10.2 Å². The highest BCUT2D eigenvalue weighted by Gasteiger charge is 2.31. The summed E-state index contributed by atoms with van der Waals surface area (Å²) >= 11 is 6.58. The fourth-order valence-electron chi connectivity index (χ4n) is 3.64. The van der Waals surface area contributed by atoms with Crippen LogP contribution in [0.15, 0.2) is 18.2 Å². The third-order valence-electron chi connectivity index (χ3n) is 5.19. The van der Waals surface area contributed by atoms with Crippen molar-refractivity contribution in [3.63, 3.8) is 0 Å². The number of hydrogen-bond acceptors (Lipinski definition) is 3. The number of nitrogens with one attached hydrogen (secondary N) is 1. The minimum absolute atomic E-state index is 0.157. The Morgan fingerprint density at radius 2 is 2.08 bits per heavy atom. The summed E-state index contributed by atoms with van der Waals surface area (Å²) in [5.74, 6) is 1.48. The van der Waals surface area contributed by atoms with Crippen LogP contribution in [0.3, 0.4) is 0 Å². The van der Waals surface area contributed by atoms with E-state index in [1.807, 2.05) is 19.1 Å². The molecule has 1 saturated carbocycles. The van der Waals surface area contributed by atoms with E-state index in [0.29, 0.717) is 12.3 Å². The van der Waals surface area contributed by atoms with E-state index in [1.54, 1.807) is 0 Å². The molecule has 1 aromatic carbocycles. The first kappa shape index (κ1) is 18.5. The molecule has 2 aliphatic rings. The first-order valence-electron chi connectivity index (χ1n) is 9.58. The number of hydrogen-bond donors (Lipinski definition) is 1. The van der Waals surface area contributed by atoms with Gasteiger partial charge in [-0.25, -0.2) is 0 Å². The number of ether oxygens (including phenoxy) is 1. The van der Waals surface area contributed by atoms with Crippen molar-refractivity contribution in [1.29, 1.82) is 0 Å². The molecule has 138 valence electrons. The van der Waals surface area contributed by atoms with Gasteiger partial charge in [0.05, 0.1) is 11.1 Å². The second-order valence-corrected chi connectivity index (χ2v) is 7.72. The van der Waals surface area contributed by atoms with Crippen LogP contribution in [0.5, 0.6) is 5.75 Å². The number of rotatable bonds is 8. The lowest BCUT2D eigenvalue weighted by molar-refractivity contribution is -0.121. The highest BCUT2D eigenvalue weighted by Crippen LogP contribution is 2.35. The van der Waals surface area contributed by atoms with Gasteiger partial charge in [0.1, 0.15) is 5.75 Å². The van der Waals surface area contributed by atoms with Crippen molar-refractivity contribution in [2.75, 3.05) is 19.6 Å². The van der Waals surface area contributed by atoms with Crippen molar-refractivity contribution in [2.24, 2.45) is 5.92 Å². The highest BCUT2D eigenvalue weighted by atomic mass is 35.5. The lowest BCUT2D eigenvalue weighted by atomic mass is 9.82. The van der Waals surface area contributed by atoms with E-state index in [-0.39, 0.29) is 12.0 Å². The zero-order chi connectivity index (χ0) is 17.6. The summed E-state index contributed by atoms with van der Waals surface area (Å²) < 4.78 is 6.11. The lowest BCUT2D eigenvalue weighted by Crippen LogP contribution is -2.41. The van der Waals surface area contributed by atoms with Gasteiger partial charge in [-0.15, -0.1) is 0 Å². The Morgan fingerprint density at radius 3 is 2.80 bits per heavy atom. The molecule has 1 aliphatic heterocycles. The van der Waals surface area contributed by atoms with E-state index >= 15 is 0 Å². The number of nitrogens with zero attached hydrogens (tertiary/aromatic N) is 1. The third-order valence-corrected chi connectivity index (χ3v) is 5.62. The Hall–Kier alpha value is -1.26. The van der Waals surface area contributed by atoms with E-state index in [1.165, 1.54) is 12.8 Å². The van der Waals surface area contributed by atoms with Gasteiger partial charge in [0.25, 0.3) is 0 Å². The number of carbonyl (C=O) groups is 1. The number of carbonyl (C=O) groups excluding carboxylic acids is 1. The summed E-state index contributed by atoms with van der Waals surface area (Å²) in [6.07, 6.45) is 6.27. The Bertz CT molecular complexity index is 581. The molecule has 0 spiro atoms. The molecule has 1 amide bonds. The predicted octanol–water partition coefficient (Wildman–Crippen LogP) is 4.01. The molecule has 1 saturated heterocycles. The summed E-state index contributed by atoms with van der Waals surface area (Å²) in [5.41, 5.74) is 1.16.